The summed E-state index contributed by atoms with van der Waals surface area (Å²) in [7, 11) is 0. The average Bonchev–Trinajstić information content (AvgIpc) is 3.10. The highest BCUT2D eigenvalue weighted by molar-refractivity contribution is 5.76. The van der Waals surface area contributed by atoms with E-state index in [0.717, 1.165) is 4.57 Å². The highest BCUT2D eigenvalue weighted by Crippen LogP contribution is 2.28. The van der Waals surface area contributed by atoms with Crippen LogP contribution in [-0.4, -0.2) is 20.7 Å². The number of benzene rings is 1. The Bertz CT molecular complexity index is 898. The third-order valence-corrected chi connectivity index (χ3v) is 3.99. The van der Waals surface area contributed by atoms with Gasteiger partial charge < -0.3 is 9.26 Å². The largest absolute Gasteiger partial charge is 0.454 e. The standard InChI is InChI=1S/C17H17F2N3O3/c1-9-12(10(2)25-21-9)8-15(23)24-11(3)16-20-13-6-4-5-7-14(13)22(16)17(18)19/h4-7,11,17H,8H2,1-3H3. The number of fused-ring (bicyclic) bond motifs is 1. The van der Waals surface area contributed by atoms with Crippen LogP contribution in [0.15, 0.2) is 28.8 Å². The van der Waals surface area contributed by atoms with Crippen LogP contribution in [0.3, 0.4) is 0 Å². The van der Waals surface area contributed by atoms with Crippen molar-refractivity contribution in [1.29, 1.82) is 0 Å². The highest BCUT2D eigenvalue weighted by atomic mass is 19.3. The third-order valence-electron chi connectivity index (χ3n) is 3.99. The van der Waals surface area contributed by atoms with Gasteiger partial charge in [-0.15, -0.1) is 0 Å². The zero-order valence-corrected chi connectivity index (χ0v) is 14.0. The SMILES string of the molecule is Cc1noc(C)c1CC(=O)OC(C)c1nc2ccccc2n1C(F)F. The van der Waals surface area contributed by atoms with Crippen molar-refractivity contribution < 1.29 is 22.8 Å². The van der Waals surface area contributed by atoms with E-state index in [2.05, 4.69) is 10.1 Å². The van der Waals surface area contributed by atoms with E-state index in [1.165, 1.54) is 6.92 Å². The lowest BCUT2D eigenvalue weighted by Gasteiger charge is -2.15. The Morgan fingerprint density at radius 3 is 2.68 bits per heavy atom. The highest BCUT2D eigenvalue weighted by Gasteiger charge is 2.25. The number of imidazole rings is 1. The number of hydrogen-bond acceptors (Lipinski definition) is 5. The van der Waals surface area contributed by atoms with Crippen LogP contribution < -0.4 is 0 Å². The van der Waals surface area contributed by atoms with E-state index in [0.29, 0.717) is 28.1 Å². The smallest absolute Gasteiger partial charge is 0.320 e. The number of aromatic nitrogens is 3. The molecule has 0 bridgehead atoms. The molecule has 0 spiro atoms. The zero-order valence-electron chi connectivity index (χ0n) is 14.0. The van der Waals surface area contributed by atoms with Crippen molar-refractivity contribution in [3.8, 4) is 0 Å². The van der Waals surface area contributed by atoms with Gasteiger partial charge in [0.15, 0.2) is 11.9 Å². The summed E-state index contributed by atoms with van der Waals surface area (Å²) >= 11 is 0. The maximum atomic E-state index is 13.5. The predicted octanol–water partition coefficient (Wildman–Crippen LogP) is 3.88. The Kier molecular flexibility index (Phi) is 4.52. The van der Waals surface area contributed by atoms with Crippen LogP contribution in [0.1, 0.15) is 42.4 Å². The van der Waals surface area contributed by atoms with Crippen LogP contribution in [0.4, 0.5) is 8.78 Å². The van der Waals surface area contributed by atoms with Crippen molar-refractivity contribution >= 4 is 17.0 Å². The molecule has 6 nitrogen and oxygen atoms in total. The topological polar surface area (TPSA) is 70.2 Å². The van der Waals surface area contributed by atoms with Gasteiger partial charge in [0, 0.05) is 5.56 Å². The first-order valence-corrected chi connectivity index (χ1v) is 7.74. The molecule has 0 fully saturated rings. The lowest BCUT2D eigenvalue weighted by atomic mass is 10.1. The Balaban J connectivity index is 1.83. The van der Waals surface area contributed by atoms with E-state index in [4.69, 9.17) is 9.26 Å². The molecule has 0 aliphatic carbocycles. The molecular weight excluding hydrogens is 332 g/mol. The lowest BCUT2D eigenvalue weighted by molar-refractivity contribution is -0.148. The molecule has 0 aliphatic heterocycles. The molecule has 1 atom stereocenters. The number of para-hydroxylation sites is 2. The van der Waals surface area contributed by atoms with E-state index in [9.17, 15) is 13.6 Å². The Labute approximate surface area is 142 Å². The lowest BCUT2D eigenvalue weighted by Crippen LogP contribution is -2.16. The van der Waals surface area contributed by atoms with Crippen molar-refractivity contribution in [2.24, 2.45) is 0 Å². The molecule has 3 aromatic rings. The first-order valence-electron chi connectivity index (χ1n) is 7.74. The van der Waals surface area contributed by atoms with E-state index in [1.807, 2.05) is 0 Å². The Morgan fingerprint density at radius 1 is 1.32 bits per heavy atom. The first kappa shape index (κ1) is 17.1. The molecule has 0 N–H and O–H groups in total. The number of esters is 1. The van der Waals surface area contributed by atoms with Crippen molar-refractivity contribution in [2.45, 2.75) is 39.8 Å². The summed E-state index contributed by atoms with van der Waals surface area (Å²) < 4.78 is 38.0. The summed E-state index contributed by atoms with van der Waals surface area (Å²) in [6.07, 6.45) is -0.963. The van der Waals surface area contributed by atoms with Gasteiger partial charge in [-0.1, -0.05) is 17.3 Å². The molecule has 1 aromatic carbocycles. The van der Waals surface area contributed by atoms with Crippen molar-refractivity contribution in [3.05, 3.63) is 47.1 Å². The van der Waals surface area contributed by atoms with Crippen molar-refractivity contribution in [1.82, 2.24) is 14.7 Å². The molecule has 2 heterocycles. The fraction of sp³-hybridized carbons (Fsp3) is 0.353. The number of alkyl halides is 2. The summed E-state index contributed by atoms with van der Waals surface area (Å²) in [5.41, 5.74) is 1.95. The normalized spacial score (nSPS) is 12.7. The molecule has 8 heteroatoms. The maximum Gasteiger partial charge on any atom is 0.320 e. The average molecular weight is 349 g/mol. The van der Waals surface area contributed by atoms with Crippen molar-refractivity contribution in [2.75, 3.05) is 0 Å². The maximum absolute atomic E-state index is 13.5. The number of carbonyl (C=O) groups is 1. The molecule has 1 unspecified atom stereocenters. The molecular formula is C17H17F2N3O3. The van der Waals surface area contributed by atoms with Gasteiger partial charge in [-0.25, -0.2) is 4.98 Å². The third kappa shape index (κ3) is 3.24. The monoisotopic (exact) mass is 349 g/mol. The molecule has 2 aromatic heterocycles. The second-order valence-electron chi connectivity index (χ2n) is 5.72. The quantitative estimate of drug-likeness (QED) is 0.654. The number of ether oxygens (including phenoxy) is 1. The molecule has 25 heavy (non-hydrogen) atoms. The van der Waals surface area contributed by atoms with E-state index in [1.54, 1.807) is 38.1 Å². The van der Waals surface area contributed by atoms with Crippen LogP contribution in [-0.2, 0) is 16.0 Å². The van der Waals surface area contributed by atoms with Gasteiger partial charge in [-0.05, 0) is 32.9 Å². The second-order valence-corrected chi connectivity index (χ2v) is 5.72. The van der Waals surface area contributed by atoms with Gasteiger partial charge >= 0.3 is 12.5 Å². The minimum Gasteiger partial charge on any atom is -0.454 e. The summed E-state index contributed by atoms with van der Waals surface area (Å²) in [6.45, 7) is 2.15. The summed E-state index contributed by atoms with van der Waals surface area (Å²) in [5, 5.41) is 3.77. The first-order chi connectivity index (χ1) is 11.9. The number of hydrogen-bond donors (Lipinski definition) is 0. The summed E-state index contributed by atoms with van der Waals surface area (Å²) in [5.74, 6) is -0.0278. The van der Waals surface area contributed by atoms with Gasteiger partial charge in [0.2, 0.25) is 0 Å². The number of aryl methyl sites for hydroxylation is 2. The predicted molar refractivity (Wildman–Crippen MR) is 85.2 cm³/mol. The molecule has 3 rings (SSSR count). The fourth-order valence-corrected chi connectivity index (χ4v) is 2.75. The van der Waals surface area contributed by atoms with Gasteiger partial charge in [-0.3, -0.25) is 9.36 Å². The number of halogens is 2. The van der Waals surface area contributed by atoms with Crippen molar-refractivity contribution in [3.63, 3.8) is 0 Å². The minimum atomic E-state index is -2.79. The van der Waals surface area contributed by atoms with Crippen LogP contribution in [0.2, 0.25) is 0 Å². The van der Waals surface area contributed by atoms with Crippen LogP contribution in [0, 0.1) is 13.8 Å². The van der Waals surface area contributed by atoms with Crippen LogP contribution in [0.5, 0.6) is 0 Å². The van der Waals surface area contributed by atoms with Crippen LogP contribution >= 0.6 is 0 Å². The number of nitrogens with zero attached hydrogens (tertiary/aromatic N) is 3. The van der Waals surface area contributed by atoms with Gasteiger partial charge in [0.05, 0.1) is 23.1 Å². The van der Waals surface area contributed by atoms with Crippen LogP contribution in [0.25, 0.3) is 11.0 Å². The molecule has 0 amide bonds. The van der Waals surface area contributed by atoms with E-state index in [-0.39, 0.29) is 12.2 Å². The van der Waals surface area contributed by atoms with Gasteiger partial charge in [0.1, 0.15) is 5.76 Å². The number of carbonyl (C=O) groups excluding carboxylic acids is 1. The summed E-state index contributed by atoms with van der Waals surface area (Å²) in [6, 6.07) is 6.55. The minimum absolute atomic E-state index is 0.00307. The second kappa shape index (κ2) is 6.62. The Morgan fingerprint density at radius 2 is 2.04 bits per heavy atom. The molecule has 132 valence electrons. The molecule has 0 saturated heterocycles. The number of rotatable bonds is 5. The van der Waals surface area contributed by atoms with Gasteiger partial charge in [-0.2, -0.15) is 8.78 Å². The van der Waals surface area contributed by atoms with E-state index < -0.39 is 18.6 Å². The summed E-state index contributed by atoms with van der Waals surface area (Å²) in [4.78, 5) is 16.4. The molecule has 0 radical (unpaired) electrons. The fourth-order valence-electron chi connectivity index (χ4n) is 2.75. The van der Waals surface area contributed by atoms with E-state index >= 15 is 0 Å². The zero-order chi connectivity index (χ0) is 18.1. The van der Waals surface area contributed by atoms with Gasteiger partial charge in [0.25, 0.3) is 0 Å². The molecule has 0 saturated carbocycles. The molecule has 0 aliphatic rings. The Hall–Kier alpha value is -2.77.